The Balaban J connectivity index is 1.87. The van der Waals surface area contributed by atoms with Crippen LogP contribution in [-0.2, 0) is 17.9 Å². The smallest absolute Gasteiger partial charge is 0.244 e. The minimum Gasteiger partial charge on any atom is -0.328 e. The van der Waals surface area contributed by atoms with Gasteiger partial charge in [-0.05, 0) is 30.8 Å². The lowest BCUT2D eigenvalue weighted by molar-refractivity contribution is -0.116. The summed E-state index contributed by atoms with van der Waals surface area (Å²) in [5.41, 5.74) is 1.72. The van der Waals surface area contributed by atoms with E-state index in [4.69, 9.17) is 0 Å². The number of amides is 1. The molecule has 0 unspecified atom stereocenters. The predicted molar refractivity (Wildman–Crippen MR) is 82.4 cm³/mol. The van der Waals surface area contributed by atoms with Crippen LogP contribution in [0.3, 0.4) is 0 Å². The third-order valence-corrected chi connectivity index (χ3v) is 3.23. The molecule has 0 saturated carbocycles. The third kappa shape index (κ3) is 4.47. The number of nitrogens with one attached hydrogen (secondary N) is 2. The Labute approximate surface area is 126 Å². The Hall–Kier alpha value is -1.66. The molecule has 0 aliphatic heterocycles. The summed E-state index contributed by atoms with van der Waals surface area (Å²) < 4.78 is 2.76. The van der Waals surface area contributed by atoms with E-state index < -0.39 is 0 Å². The number of halogens is 1. The van der Waals surface area contributed by atoms with Crippen LogP contribution in [0.2, 0.25) is 0 Å². The molecule has 0 bridgehead atoms. The van der Waals surface area contributed by atoms with E-state index in [0.29, 0.717) is 0 Å². The Morgan fingerprint density at radius 2 is 2.10 bits per heavy atom. The largest absolute Gasteiger partial charge is 0.328 e. The molecule has 1 aromatic heterocycles. The highest BCUT2D eigenvalue weighted by atomic mass is 79.9. The second kappa shape index (κ2) is 7.21. The molecule has 1 aromatic carbocycles. The molecule has 0 spiro atoms. The van der Waals surface area contributed by atoms with E-state index in [2.05, 4.69) is 31.5 Å². The van der Waals surface area contributed by atoms with Crippen molar-refractivity contribution < 1.29 is 4.79 Å². The summed E-state index contributed by atoms with van der Waals surface area (Å²) in [7, 11) is 0. The molecule has 106 valence electrons. The van der Waals surface area contributed by atoms with Crippen molar-refractivity contribution in [3.05, 3.63) is 47.0 Å². The summed E-state index contributed by atoms with van der Waals surface area (Å²) in [5, 5.41) is 6.04. The van der Waals surface area contributed by atoms with E-state index in [1.807, 2.05) is 37.4 Å². The van der Waals surface area contributed by atoms with Gasteiger partial charge in [0.15, 0.2) is 0 Å². The van der Waals surface area contributed by atoms with Gasteiger partial charge in [-0.25, -0.2) is 4.98 Å². The van der Waals surface area contributed by atoms with E-state index in [1.54, 1.807) is 10.9 Å². The van der Waals surface area contributed by atoms with Crippen LogP contribution in [0.4, 0.5) is 5.69 Å². The maximum Gasteiger partial charge on any atom is 0.244 e. The van der Waals surface area contributed by atoms with Gasteiger partial charge >= 0.3 is 0 Å². The van der Waals surface area contributed by atoms with Gasteiger partial charge in [0.2, 0.25) is 5.91 Å². The maximum atomic E-state index is 11.9. The molecule has 20 heavy (non-hydrogen) atoms. The number of benzene rings is 1. The van der Waals surface area contributed by atoms with Gasteiger partial charge in [0, 0.05) is 22.9 Å². The molecule has 0 aliphatic rings. The van der Waals surface area contributed by atoms with Crippen molar-refractivity contribution in [2.24, 2.45) is 0 Å². The zero-order chi connectivity index (χ0) is 14.4. The Morgan fingerprint density at radius 3 is 2.80 bits per heavy atom. The molecular weight excluding hydrogens is 320 g/mol. The average Bonchev–Trinajstić information content (AvgIpc) is 2.86. The molecule has 2 N–H and O–H groups in total. The average molecular weight is 337 g/mol. The summed E-state index contributed by atoms with van der Waals surface area (Å²) in [5.74, 6) is -0.0697. The highest BCUT2D eigenvalue weighted by Crippen LogP contribution is 2.14. The lowest BCUT2D eigenvalue weighted by Gasteiger charge is -2.05. The summed E-state index contributed by atoms with van der Waals surface area (Å²) in [6, 6.07) is 7.49. The number of anilines is 1. The topological polar surface area (TPSA) is 59.0 Å². The van der Waals surface area contributed by atoms with Crippen molar-refractivity contribution in [3.63, 3.8) is 0 Å². The molecule has 6 heteroatoms. The molecule has 2 aromatic rings. The summed E-state index contributed by atoms with van der Waals surface area (Å²) in [4.78, 5) is 16.1. The minimum atomic E-state index is -0.0697. The highest BCUT2D eigenvalue weighted by Gasteiger charge is 2.05. The first kappa shape index (κ1) is 14.7. The summed E-state index contributed by atoms with van der Waals surface area (Å²) >= 11 is 3.36. The quantitative estimate of drug-likeness (QED) is 0.851. The molecule has 0 fully saturated rings. The van der Waals surface area contributed by atoms with E-state index >= 15 is 0 Å². The Bertz CT molecular complexity index is 565. The number of nitrogens with zero attached hydrogens (tertiary/aromatic N) is 2. The maximum absolute atomic E-state index is 11.9. The number of hydrogen-bond donors (Lipinski definition) is 2. The van der Waals surface area contributed by atoms with Gasteiger partial charge in [-0.15, -0.1) is 0 Å². The van der Waals surface area contributed by atoms with E-state index in [9.17, 15) is 4.79 Å². The highest BCUT2D eigenvalue weighted by molar-refractivity contribution is 9.10. The predicted octanol–water partition coefficient (Wildman–Crippen LogP) is 2.39. The molecule has 5 nitrogen and oxygen atoms in total. The van der Waals surface area contributed by atoms with Crippen molar-refractivity contribution in [1.82, 2.24) is 14.9 Å². The number of carbonyl (C=O) groups is 1. The van der Waals surface area contributed by atoms with Crippen LogP contribution >= 0.6 is 15.9 Å². The Morgan fingerprint density at radius 1 is 1.35 bits per heavy atom. The fraction of sp³-hybridized carbons (Fsp3) is 0.286. The molecule has 0 radical (unpaired) electrons. The number of aromatic nitrogens is 2. The van der Waals surface area contributed by atoms with Gasteiger partial charge in [0.25, 0.3) is 0 Å². The van der Waals surface area contributed by atoms with Crippen LogP contribution in [0.15, 0.2) is 41.3 Å². The zero-order valence-electron chi connectivity index (χ0n) is 11.3. The van der Waals surface area contributed by atoms with Crippen molar-refractivity contribution in [2.75, 3.05) is 11.9 Å². The second-order valence-corrected chi connectivity index (χ2v) is 5.29. The van der Waals surface area contributed by atoms with Crippen LogP contribution < -0.4 is 10.6 Å². The van der Waals surface area contributed by atoms with Gasteiger partial charge in [-0.1, -0.05) is 22.9 Å². The van der Waals surface area contributed by atoms with E-state index in [0.717, 1.165) is 28.9 Å². The van der Waals surface area contributed by atoms with Crippen molar-refractivity contribution in [3.8, 4) is 0 Å². The van der Waals surface area contributed by atoms with Gasteiger partial charge in [0.05, 0.1) is 12.0 Å². The molecular formula is C14H17BrN4O. The molecule has 2 rings (SSSR count). The first-order valence-electron chi connectivity index (χ1n) is 6.44. The van der Waals surface area contributed by atoms with Crippen molar-refractivity contribution in [1.29, 1.82) is 0 Å². The van der Waals surface area contributed by atoms with Crippen molar-refractivity contribution in [2.45, 2.75) is 20.0 Å². The van der Waals surface area contributed by atoms with Gasteiger partial charge in [-0.2, -0.15) is 0 Å². The van der Waals surface area contributed by atoms with Gasteiger partial charge < -0.3 is 15.2 Å². The number of carbonyl (C=O) groups excluding carboxylic acids is 1. The molecule has 1 amide bonds. The lowest BCUT2D eigenvalue weighted by Crippen LogP contribution is -2.18. The monoisotopic (exact) mass is 336 g/mol. The molecule has 0 aliphatic carbocycles. The fourth-order valence-corrected chi connectivity index (χ4v) is 2.00. The van der Waals surface area contributed by atoms with Crippen LogP contribution in [0.25, 0.3) is 0 Å². The van der Waals surface area contributed by atoms with Gasteiger partial charge in [-0.3, -0.25) is 4.79 Å². The number of hydrogen-bond acceptors (Lipinski definition) is 3. The molecule has 0 atom stereocenters. The molecule has 0 saturated heterocycles. The number of imidazole rings is 1. The summed E-state index contributed by atoms with van der Waals surface area (Å²) in [6.07, 6.45) is 3.55. The Kier molecular flexibility index (Phi) is 5.31. The van der Waals surface area contributed by atoms with Crippen molar-refractivity contribution >= 4 is 27.5 Å². The second-order valence-electron chi connectivity index (χ2n) is 4.37. The first-order chi connectivity index (χ1) is 9.67. The molecule has 1 heterocycles. The SMILES string of the molecule is CCNCc1cn(CC(=O)Nc2ccc(Br)cc2)cn1. The standard InChI is InChI=1S/C14H17BrN4O/c1-2-16-7-13-8-19(10-17-13)9-14(20)18-12-5-3-11(15)4-6-12/h3-6,8,10,16H,2,7,9H2,1H3,(H,18,20). The lowest BCUT2D eigenvalue weighted by atomic mass is 10.3. The number of rotatable bonds is 6. The van der Waals surface area contributed by atoms with Crippen LogP contribution in [-0.4, -0.2) is 22.0 Å². The van der Waals surface area contributed by atoms with Crippen LogP contribution in [0.5, 0.6) is 0 Å². The van der Waals surface area contributed by atoms with Gasteiger partial charge in [0.1, 0.15) is 6.54 Å². The fourth-order valence-electron chi connectivity index (χ4n) is 1.74. The summed E-state index contributed by atoms with van der Waals surface area (Å²) in [6.45, 7) is 3.92. The third-order valence-electron chi connectivity index (χ3n) is 2.70. The zero-order valence-corrected chi connectivity index (χ0v) is 12.9. The van der Waals surface area contributed by atoms with E-state index in [1.165, 1.54) is 0 Å². The van der Waals surface area contributed by atoms with E-state index in [-0.39, 0.29) is 12.5 Å². The van der Waals surface area contributed by atoms with Crippen LogP contribution in [0, 0.1) is 0 Å². The first-order valence-corrected chi connectivity index (χ1v) is 7.23. The minimum absolute atomic E-state index is 0.0697. The normalized spacial score (nSPS) is 10.5. The van der Waals surface area contributed by atoms with Crippen LogP contribution in [0.1, 0.15) is 12.6 Å².